The van der Waals surface area contributed by atoms with E-state index in [1.54, 1.807) is 12.1 Å². The molecule has 0 aliphatic heterocycles. The van der Waals surface area contributed by atoms with Gasteiger partial charge in [0.2, 0.25) is 0 Å². The maximum atomic E-state index is 11.2. The van der Waals surface area contributed by atoms with Crippen LogP contribution in [0.2, 0.25) is 0 Å². The molecule has 0 aliphatic carbocycles. The number of benzene rings is 1. The first kappa shape index (κ1) is 12.4. The van der Waals surface area contributed by atoms with Crippen LogP contribution in [0.3, 0.4) is 0 Å². The molecule has 3 nitrogen and oxygen atoms in total. The molecule has 0 heterocycles. The van der Waals surface area contributed by atoms with Crippen LogP contribution in [0.25, 0.3) is 0 Å². The summed E-state index contributed by atoms with van der Waals surface area (Å²) in [5.74, 6) is -1.09. The number of rotatable bonds is 3. The highest BCUT2D eigenvalue weighted by atomic mass is 79.9. The minimum atomic E-state index is -1.02. The van der Waals surface area contributed by atoms with Gasteiger partial charge >= 0.3 is 5.97 Å². The standard InChI is InChI=1S/C10H8Br2O3/c1-5(13)8(11)6-3-2-4-7(9(6)12)10(14)15/h2-4,8H,1H3,(H,14,15). The van der Waals surface area contributed by atoms with Crippen molar-refractivity contribution in [2.24, 2.45) is 0 Å². The SMILES string of the molecule is CC(=O)C(Br)c1cccc(C(=O)O)c1Br. The van der Waals surface area contributed by atoms with Gasteiger partial charge in [0.1, 0.15) is 5.78 Å². The Morgan fingerprint density at radius 3 is 2.47 bits per heavy atom. The number of carbonyl (C=O) groups excluding carboxylic acids is 1. The number of hydrogen-bond donors (Lipinski definition) is 1. The van der Waals surface area contributed by atoms with Crippen molar-refractivity contribution >= 4 is 43.6 Å². The van der Waals surface area contributed by atoms with Crippen molar-refractivity contribution in [3.05, 3.63) is 33.8 Å². The number of halogens is 2. The van der Waals surface area contributed by atoms with Crippen molar-refractivity contribution in [3.63, 3.8) is 0 Å². The fourth-order valence-corrected chi connectivity index (χ4v) is 2.48. The smallest absolute Gasteiger partial charge is 0.336 e. The van der Waals surface area contributed by atoms with Gasteiger partial charge in [0.15, 0.2) is 0 Å². The average Bonchev–Trinajstić information content (AvgIpc) is 2.16. The van der Waals surface area contributed by atoms with E-state index >= 15 is 0 Å². The largest absolute Gasteiger partial charge is 0.478 e. The summed E-state index contributed by atoms with van der Waals surface area (Å²) in [6, 6.07) is 4.80. The second-order valence-electron chi connectivity index (χ2n) is 2.99. The normalized spacial score (nSPS) is 12.2. The lowest BCUT2D eigenvalue weighted by Gasteiger charge is -2.10. The number of carboxylic acid groups (broad SMARTS) is 1. The second-order valence-corrected chi connectivity index (χ2v) is 4.70. The first-order chi connectivity index (χ1) is 6.95. The van der Waals surface area contributed by atoms with E-state index in [2.05, 4.69) is 31.9 Å². The second kappa shape index (κ2) is 4.90. The number of alkyl halides is 1. The third-order valence-corrected chi connectivity index (χ3v) is 3.91. The molecule has 0 saturated carbocycles. The van der Waals surface area contributed by atoms with Gasteiger partial charge in [-0.25, -0.2) is 4.79 Å². The van der Waals surface area contributed by atoms with Crippen LogP contribution in [0.4, 0.5) is 0 Å². The zero-order valence-corrected chi connectivity index (χ0v) is 11.0. The van der Waals surface area contributed by atoms with E-state index in [4.69, 9.17) is 5.11 Å². The molecule has 1 atom stereocenters. The summed E-state index contributed by atoms with van der Waals surface area (Å²) >= 11 is 6.40. The van der Waals surface area contributed by atoms with Crippen molar-refractivity contribution in [2.45, 2.75) is 11.8 Å². The van der Waals surface area contributed by atoms with E-state index < -0.39 is 10.8 Å². The summed E-state index contributed by atoms with van der Waals surface area (Å²) in [5, 5.41) is 8.88. The van der Waals surface area contributed by atoms with E-state index in [-0.39, 0.29) is 11.3 Å². The maximum absolute atomic E-state index is 11.2. The van der Waals surface area contributed by atoms with Crippen LogP contribution in [0.5, 0.6) is 0 Å². The summed E-state index contributed by atoms with van der Waals surface area (Å²) in [7, 11) is 0. The Hall–Kier alpha value is -0.680. The van der Waals surface area contributed by atoms with Crippen LogP contribution in [-0.4, -0.2) is 16.9 Å². The Morgan fingerprint density at radius 2 is 2.00 bits per heavy atom. The molecule has 15 heavy (non-hydrogen) atoms. The molecule has 0 aromatic heterocycles. The number of carboxylic acids is 1. The van der Waals surface area contributed by atoms with Crippen LogP contribution in [-0.2, 0) is 4.79 Å². The predicted octanol–water partition coefficient (Wildman–Crippen LogP) is 3.17. The van der Waals surface area contributed by atoms with E-state index in [9.17, 15) is 9.59 Å². The molecule has 1 N–H and O–H groups in total. The minimum absolute atomic E-state index is 0.0711. The highest BCUT2D eigenvalue weighted by molar-refractivity contribution is 9.11. The Morgan fingerprint density at radius 1 is 1.40 bits per heavy atom. The highest BCUT2D eigenvalue weighted by Gasteiger charge is 2.19. The Labute approximate surface area is 104 Å². The highest BCUT2D eigenvalue weighted by Crippen LogP contribution is 2.32. The first-order valence-electron chi connectivity index (χ1n) is 4.11. The van der Waals surface area contributed by atoms with Gasteiger partial charge in [-0.2, -0.15) is 0 Å². The maximum Gasteiger partial charge on any atom is 0.336 e. The molecule has 1 aromatic carbocycles. The molecular weight excluding hydrogens is 328 g/mol. The van der Waals surface area contributed by atoms with Gasteiger partial charge in [-0.15, -0.1) is 0 Å². The molecule has 0 radical (unpaired) electrons. The van der Waals surface area contributed by atoms with Crippen molar-refractivity contribution < 1.29 is 14.7 Å². The number of hydrogen-bond acceptors (Lipinski definition) is 2. The van der Waals surface area contributed by atoms with Gasteiger partial charge in [0.25, 0.3) is 0 Å². The van der Waals surface area contributed by atoms with E-state index in [0.29, 0.717) is 10.0 Å². The fourth-order valence-electron chi connectivity index (χ4n) is 1.13. The summed E-state index contributed by atoms with van der Waals surface area (Å²) in [6.45, 7) is 1.44. The summed E-state index contributed by atoms with van der Waals surface area (Å²) < 4.78 is 0.439. The average molecular weight is 336 g/mol. The number of carbonyl (C=O) groups is 2. The zero-order valence-electron chi connectivity index (χ0n) is 7.83. The minimum Gasteiger partial charge on any atom is -0.478 e. The van der Waals surface area contributed by atoms with Crippen molar-refractivity contribution in [1.29, 1.82) is 0 Å². The van der Waals surface area contributed by atoms with Crippen LogP contribution in [0, 0.1) is 0 Å². The number of Topliss-reactive ketones (excluding diaryl/α,β-unsaturated/α-hetero) is 1. The summed E-state index contributed by atoms with van der Waals surface area (Å²) in [6.07, 6.45) is 0. The van der Waals surface area contributed by atoms with Crippen LogP contribution >= 0.6 is 31.9 Å². The first-order valence-corrected chi connectivity index (χ1v) is 5.82. The lowest BCUT2D eigenvalue weighted by atomic mass is 10.1. The summed E-state index contributed by atoms with van der Waals surface area (Å²) in [5.41, 5.74) is 0.778. The quantitative estimate of drug-likeness (QED) is 0.863. The molecule has 0 bridgehead atoms. The Kier molecular flexibility index (Phi) is 4.04. The molecule has 0 saturated heterocycles. The topological polar surface area (TPSA) is 54.4 Å². The fraction of sp³-hybridized carbons (Fsp3) is 0.200. The van der Waals surface area contributed by atoms with Crippen LogP contribution < -0.4 is 0 Å². The van der Waals surface area contributed by atoms with Crippen molar-refractivity contribution in [2.75, 3.05) is 0 Å². The zero-order chi connectivity index (χ0) is 11.6. The van der Waals surface area contributed by atoms with E-state index in [0.717, 1.165) is 0 Å². The number of aromatic carboxylic acids is 1. The molecule has 5 heteroatoms. The van der Waals surface area contributed by atoms with Gasteiger partial charge < -0.3 is 5.11 Å². The molecular formula is C10H8Br2O3. The van der Waals surface area contributed by atoms with Gasteiger partial charge in [-0.1, -0.05) is 28.1 Å². The molecule has 1 aromatic rings. The van der Waals surface area contributed by atoms with Gasteiger partial charge in [0, 0.05) is 4.47 Å². The van der Waals surface area contributed by atoms with Crippen LogP contribution in [0.1, 0.15) is 27.7 Å². The third kappa shape index (κ3) is 2.66. The van der Waals surface area contributed by atoms with Crippen molar-refractivity contribution in [3.8, 4) is 0 Å². The van der Waals surface area contributed by atoms with E-state index in [1.807, 2.05) is 0 Å². The van der Waals surface area contributed by atoms with Gasteiger partial charge in [0.05, 0.1) is 10.4 Å². The van der Waals surface area contributed by atoms with Crippen molar-refractivity contribution in [1.82, 2.24) is 0 Å². The monoisotopic (exact) mass is 334 g/mol. The van der Waals surface area contributed by atoms with Gasteiger partial charge in [-0.05, 0) is 34.5 Å². The Bertz CT molecular complexity index is 415. The third-order valence-electron chi connectivity index (χ3n) is 1.89. The molecule has 0 spiro atoms. The number of ketones is 1. The molecule has 1 unspecified atom stereocenters. The molecule has 80 valence electrons. The Balaban J connectivity index is 3.26. The summed E-state index contributed by atoms with van der Waals surface area (Å²) in [4.78, 5) is 21.5. The lowest BCUT2D eigenvalue weighted by molar-refractivity contribution is -0.116. The molecule has 1 rings (SSSR count). The predicted molar refractivity (Wildman–Crippen MR) is 63.5 cm³/mol. The lowest BCUT2D eigenvalue weighted by Crippen LogP contribution is -2.05. The van der Waals surface area contributed by atoms with E-state index in [1.165, 1.54) is 13.0 Å². The van der Waals surface area contributed by atoms with Gasteiger partial charge in [-0.3, -0.25) is 4.79 Å². The van der Waals surface area contributed by atoms with Crippen LogP contribution in [0.15, 0.2) is 22.7 Å². The molecule has 0 amide bonds. The molecule has 0 fully saturated rings. The molecule has 0 aliphatic rings.